The molecular weight excluding hydrogens is 206 g/mol. The molecule has 88 valence electrons. The van der Waals surface area contributed by atoms with Gasteiger partial charge in [0.25, 0.3) is 5.56 Å². The average Bonchev–Trinajstić information content (AvgIpc) is 2.33. The van der Waals surface area contributed by atoms with Gasteiger partial charge in [0.05, 0.1) is 0 Å². The Kier molecular flexibility index (Phi) is 3.56. The number of aliphatic hydroxyl groups excluding tert-OH is 1. The molecule has 0 amide bonds. The lowest BCUT2D eigenvalue weighted by Crippen LogP contribution is -2.36. The molecule has 1 aromatic heterocycles. The summed E-state index contributed by atoms with van der Waals surface area (Å²) in [6.07, 6.45) is 7.36. The fraction of sp³-hybridized carbons (Fsp3) is 0.636. The smallest absolute Gasteiger partial charge is 0.290 e. The van der Waals surface area contributed by atoms with Crippen LogP contribution in [0.5, 0.6) is 0 Å². The molecule has 2 unspecified atom stereocenters. The lowest BCUT2D eigenvalue weighted by atomic mass is 9.85. The molecule has 0 aliphatic heterocycles. The standard InChI is InChI=1S/C11H17N3O2/c15-7-8-3-1-2-4-9(8)14-10-11(16)13-6-5-12-10/h5-6,8-9,15H,1-4,7H2,(H,12,14)(H,13,16). The Bertz CT molecular complexity index is 391. The van der Waals surface area contributed by atoms with Crippen LogP contribution in [0.2, 0.25) is 0 Å². The summed E-state index contributed by atoms with van der Waals surface area (Å²) in [5, 5.41) is 12.4. The van der Waals surface area contributed by atoms with Crippen molar-refractivity contribution in [2.24, 2.45) is 5.92 Å². The molecule has 16 heavy (non-hydrogen) atoms. The van der Waals surface area contributed by atoms with E-state index in [1.165, 1.54) is 6.20 Å². The van der Waals surface area contributed by atoms with E-state index in [1.807, 2.05) is 0 Å². The minimum Gasteiger partial charge on any atom is -0.396 e. The van der Waals surface area contributed by atoms with Crippen molar-refractivity contribution in [1.29, 1.82) is 0 Å². The highest BCUT2D eigenvalue weighted by Crippen LogP contribution is 2.25. The van der Waals surface area contributed by atoms with E-state index < -0.39 is 0 Å². The minimum atomic E-state index is -0.204. The van der Waals surface area contributed by atoms with Gasteiger partial charge in [-0.25, -0.2) is 4.98 Å². The summed E-state index contributed by atoms with van der Waals surface area (Å²) in [5.74, 6) is 0.586. The zero-order valence-corrected chi connectivity index (χ0v) is 9.15. The highest BCUT2D eigenvalue weighted by atomic mass is 16.3. The van der Waals surface area contributed by atoms with Crippen LogP contribution < -0.4 is 10.9 Å². The predicted molar refractivity (Wildman–Crippen MR) is 61.3 cm³/mol. The molecule has 2 atom stereocenters. The largest absolute Gasteiger partial charge is 0.396 e. The number of H-pyrrole nitrogens is 1. The van der Waals surface area contributed by atoms with Crippen molar-refractivity contribution in [1.82, 2.24) is 9.97 Å². The van der Waals surface area contributed by atoms with Crippen molar-refractivity contribution >= 4 is 5.82 Å². The summed E-state index contributed by atoms with van der Waals surface area (Å²) in [7, 11) is 0. The van der Waals surface area contributed by atoms with Gasteiger partial charge in [0.1, 0.15) is 0 Å². The van der Waals surface area contributed by atoms with Crippen LogP contribution >= 0.6 is 0 Å². The molecule has 0 aromatic carbocycles. The Labute approximate surface area is 93.9 Å². The first kappa shape index (κ1) is 11.1. The van der Waals surface area contributed by atoms with Gasteiger partial charge in [-0.2, -0.15) is 0 Å². The molecule has 0 radical (unpaired) electrons. The summed E-state index contributed by atoms with van der Waals surface area (Å²) in [4.78, 5) is 18.0. The molecule has 0 spiro atoms. The van der Waals surface area contributed by atoms with Gasteiger partial charge in [-0.05, 0) is 12.8 Å². The number of aromatic amines is 1. The lowest BCUT2D eigenvalue weighted by Gasteiger charge is -2.30. The maximum Gasteiger partial charge on any atom is 0.290 e. The van der Waals surface area contributed by atoms with Crippen molar-refractivity contribution in [3.05, 3.63) is 22.7 Å². The van der Waals surface area contributed by atoms with E-state index in [-0.39, 0.29) is 24.1 Å². The number of nitrogens with zero attached hydrogens (tertiary/aromatic N) is 1. The normalized spacial score (nSPS) is 25.3. The average molecular weight is 223 g/mol. The Morgan fingerprint density at radius 2 is 2.31 bits per heavy atom. The molecule has 1 aliphatic rings. The first-order valence-corrected chi connectivity index (χ1v) is 5.72. The van der Waals surface area contributed by atoms with Gasteiger partial charge in [0.15, 0.2) is 5.82 Å². The highest BCUT2D eigenvalue weighted by molar-refractivity contribution is 5.32. The van der Waals surface area contributed by atoms with Crippen LogP contribution in [-0.4, -0.2) is 27.7 Å². The third-order valence-corrected chi connectivity index (χ3v) is 3.17. The van der Waals surface area contributed by atoms with Gasteiger partial charge in [0, 0.05) is 31.0 Å². The first-order valence-electron chi connectivity index (χ1n) is 5.72. The third-order valence-electron chi connectivity index (χ3n) is 3.17. The van der Waals surface area contributed by atoms with Crippen LogP contribution in [0.4, 0.5) is 5.82 Å². The van der Waals surface area contributed by atoms with Crippen LogP contribution in [0.3, 0.4) is 0 Å². The van der Waals surface area contributed by atoms with Crippen LogP contribution in [0, 0.1) is 5.92 Å². The quantitative estimate of drug-likeness (QED) is 0.706. The van der Waals surface area contributed by atoms with Gasteiger partial charge in [-0.1, -0.05) is 12.8 Å². The number of hydrogen-bond donors (Lipinski definition) is 3. The minimum absolute atomic E-state index is 0.162. The second-order valence-corrected chi connectivity index (χ2v) is 4.24. The van der Waals surface area contributed by atoms with Crippen LogP contribution in [0.1, 0.15) is 25.7 Å². The van der Waals surface area contributed by atoms with Gasteiger partial charge in [-0.15, -0.1) is 0 Å². The molecule has 3 N–H and O–H groups in total. The number of aliphatic hydroxyl groups is 1. The second kappa shape index (κ2) is 5.12. The lowest BCUT2D eigenvalue weighted by molar-refractivity contribution is 0.178. The van der Waals surface area contributed by atoms with E-state index >= 15 is 0 Å². The Morgan fingerprint density at radius 1 is 1.50 bits per heavy atom. The molecule has 1 heterocycles. The predicted octanol–water partition coefficient (Wildman–Crippen LogP) is 0.733. The van der Waals surface area contributed by atoms with Crippen LogP contribution in [0.15, 0.2) is 17.2 Å². The number of aromatic nitrogens is 2. The van der Waals surface area contributed by atoms with E-state index in [0.717, 1.165) is 25.7 Å². The topological polar surface area (TPSA) is 78.0 Å². The molecule has 5 heteroatoms. The molecule has 1 saturated carbocycles. The molecular formula is C11H17N3O2. The maximum absolute atomic E-state index is 11.4. The molecule has 0 saturated heterocycles. The maximum atomic E-state index is 11.4. The summed E-state index contributed by atoms with van der Waals surface area (Å²) in [5.41, 5.74) is -0.204. The van der Waals surface area contributed by atoms with Gasteiger partial charge in [-0.3, -0.25) is 4.79 Å². The number of anilines is 1. The number of hydrogen-bond acceptors (Lipinski definition) is 4. The Balaban J connectivity index is 2.08. The van der Waals surface area contributed by atoms with E-state index in [1.54, 1.807) is 6.20 Å². The first-order chi connectivity index (χ1) is 7.81. The van der Waals surface area contributed by atoms with Gasteiger partial charge >= 0.3 is 0 Å². The molecule has 1 aromatic rings. The van der Waals surface area contributed by atoms with Crippen LogP contribution in [-0.2, 0) is 0 Å². The molecule has 5 nitrogen and oxygen atoms in total. The third kappa shape index (κ3) is 2.41. The zero-order chi connectivity index (χ0) is 11.4. The molecule has 1 aliphatic carbocycles. The second-order valence-electron chi connectivity index (χ2n) is 4.24. The summed E-state index contributed by atoms with van der Waals surface area (Å²) in [6.45, 7) is 0.169. The van der Waals surface area contributed by atoms with Gasteiger partial charge < -0.3 is 15.4 Å². The van der Waals surface area contributed by atoms with Gasteiger partial charge in [0.2, 0.25) is 0 Å². The van der Waals surface area contributed by atoms with E-state index in [4.69, 9.17) is 0 Å². The number of rotatable bonds is 3. The van der Waals surface area contributed by atoms with E-state index in [9.17, 15) is 9.90 Å². The Hall–Kier alpha value is -1.36. The fourth-order valence-corrected chi connectivity index (χ4v) is 2.25. The van der Waals surface area contributed by atoms with E-state index in [2.05, 4.69) is 15.3 Å². The SMILES string of the molecule is O=c1[nH]ccnc1NC1CCCCC1CO. The zero-order valence-electron chi connectivity index (χ0n) is 9.15. The van der Waals surface area contributed by atoms with Crippen LogP contribution in [0.25, 0.3) is 0 Å². The monoisotopic (exact) mass is 223 g/mol. The highest BCUT2D eigenvalue weighted by Gasteiger charge is 2.25. The molecule has 1 fully saturated rings. The number of nitrogens with one attached hydrogen (secondary N) is 2. The van der Waals surface area contributed by atoms with E-state index in [0.29, 0.717) is 5.82 Å². The Morgan fingerprint density at radius 3 is 3.06 bits per heavy atom. The summed E-state index contributed by atoms with van der Waals surface area (Å²) >= 11 is 0. The van der Waals surface area contributed by atoms with Crippen molar-refractivity contribution < 1.29 is 5.11 Å². The summed E-state index contributed by atoms with van der Waals surface area (Å²) < 4.78 is 0. The fourth-order valence-electron chi connectivity index (χ4n) is 2.25. The van der Waals surface area contributed by atoms with Crippen molar-refractivity contribution in [3.8, 4) is 0 Å². The molecule has 0 bridgehead atoms. The summed E-state index contributed by atoms with van der Waals surface area (Å²) in [6, 6.07) is 0.162. The van der Waals surface area contributed by atoms with Crippen molar-refractivity contribution in [2.75, 3.05) is 11.9 Å². The van der Waals surface area contributed by atoms with Crippen molar-refractivity contribution in [3.63, 3.8) is 0 Å². The molecule has 2 rings (SSSR count). The van der Waals surface area contributed by atoms with Crippen molar-refractivity contribution in [2.45, 2.75) is 31.7 Å².